The third-order valence-electron chi connectivity index (χ3n) is 2.51. The highest BCUT2D eigenvalue weighted by Gasteiger charge is 2.28. The summed E-state index contributed by atoms with van der Waals surface area (Å²) in [4.78, 5) is 11.7. The molecule has 0 saturated carbocycles. The first-order chi connectivity index (χ1) is 8.20. The molecule has 1 aromatic rings. The van der Waals surface area contributed by atoms with Crippen molar-refractivity contribution in [1.29, 1.82) is 0 Å². The number of fused-ring (bicyclic) bond motifs is 1. The molecule has 2 rings (SSSR count). The van der Waals surface area contributed by atoms with Crippen molar-refractivity contribution in [2.75, 3.05) is 6.54 Å². The summed E-state index contributed by atoms with van der Waals surface area (Å²) >= 11 is 0. The Morgan fingerprint density at radius 1 is 1.59 bits per heavy atom. The number of nitrogens with one attached hydrogen (secondary N) is 1. The van der Waals surface area contributed by atoms with Crippen LogP contribution in [-0.4, -0.2) is 29.6 Å². The highest BCUT2D eigenvalue weighted by atomic mass is 16.5. The van der Waals surface area contributed by atoms with Crippen molar-refractivity contribution in [2.45, 2.75) is 12.5 Å². The number of nitrogens with two attached hydrogens (primary N) is 1. The number of ether oxygens (including phenoxy) is 1. The fourth-order valence-corrected chi connectivity index (χ4v) is 1.66. The van der Waals surface area contributed by atoms with E-state index >= 15 is 0 Å². The average Bonchev–Trinajstić information content (AvgIpc) is 2.79. The number of rotatable bonds is 3. The fourth-order valence-electron chi connectivity index (χ4n) is 1.66. The molecular formula is C11H13N3O3. The number of hydrogen-bond donors (Lipinski definition) is 3. The van der Waals surface area contributed by atoms with Gasteiger partial charge in [0.2, 0.25) is 0 Å². The number of carbonyl (C=O) groups is 1. The van der Waals surface area contributed by atoms with Crippen molar-refractivity contribution in [1.82, 2.24) is 5.32 Å². The maximum absolute atomic E-state index is 11.7. The molecule has 1 aromatic carbocycles. The second kappa shape index (κ2) is 4.73. The van der Waals surface area contributed by atoms with Crippen LogP contribution in [0, 0.1) is 0 Å². The highest BCUT2D eigenvalue weighted by Crippen LogP contribution is 2.27. The van der Waals surface area contributed by atoms with Gasteiger partial charge >= 0.3 is 0 Å². The van der Waals surface area contributed by atoms with Gasteiger partial charge in [-0.15, -0.1) is 0 Å². The zero-order valence-corrected chi connectivity index (χ0v) is 9.09. The van der Waals surface area contributed by atoms with Gasteiger partial charge in [-0.1, -0.05) is 23.4 Å². The third kappa shape index (κ3) is 2.47. The number of amidine groups is 1. The van der Waals surface area contributed by atoms with Gasteiger partial charge in [0.05, 0.1) is 6.54 Å². The molecule has 0 aliphatic carbocycles. The van der Waals surface area contributed by atoms with Gasteiger partial charge in [-0.2, -0.15) is 0 Å². The fraction of sp³-hybridized carbons (Fsp3) is 0.273. The van der Waals surface area contributed by atoms with Crippen molar-refractivity contribution in [3.05, 3.63) is 29.8 Å². The van der Waals surface area contributed by atoms with E-state index < -0.39 is 6.10 Å². The first-order valence-corrected chi connectivity index (χ1v) is 5.19. The zero-order chi connectivity index (χ0) is 12.3. The maximum atomic E-state index is 11.7. The van der Waals surface area contributed by atoms with Gasteiger partial charge in [-0.05, 0) is 11.6 Å². The van der Waals surface area contributed by atoms with Crippen molar-refractivity contribution in [3.8, 4) is 5.75 Å². The molecule has 0 spiro atoms. The highest BCUT2D eigenvalue weighted by molar-refractivity contribution is 5.89. The van der Waals surface area contributed by atoms with Crippen molar-refractivity contribution >= 4 is 11.7 Å². The number of oxime groups is 1. The van der Waals surface area contributed by atoms with E-state index in [1.54, 1.807) is 0 Å². The van der Waals surface area contributed by atoms with E-state index in [9.17, 15) is 4.79 Å². The second-order valence-electron chi connectivity index (χ2n) is 3.73. The van der Waals surface area contributed by atoms with Crippen LogP contribution in [0.2, 0.25) is 0 Å². The minimum atomic E-state index is -0.543. The Morgan fingerprint density at radius 3 is 3.06 bits per heavy atom. The first-order valence-electron chi connectivity index (χ1n) is 5.19. The van der Waals surface area contributed by atoms with Gasteiger partial charge < -0.3 is 21.0 Å². The summed E-state index contributed by atoms with van der Waals surface area (Å²) < 4.78 is 5.48. The molecule has 0 radical (unpaired) electrons. The van der Waals surface area contributed by atoms with Crippen molar-refractivity contribution in [3.63, 3.8) is 0 Å². The van der Waals surface area contributed by atoms with Gasteiger partial charge in [-0.25, -0.2) is 0 Å². The minimum Gasteiger partial charge on any atom is -0.480 e. The summed E-state index contributed by atoms with van der Waals surface area (Å²) in [6.45, 7) is 0.00549. The molecule has 0 aromatic heterocycles. The summed E-state index contributed by atoms with van der Waals surface area (Å²) in [5, 5.41) is 13.6. The molecule has 6 nitrogen and oxygen atoms in total. The molecule has 1 aliphatic heterocycles. The summed E-state index contributed by atoms with van der Waals surface area (Å²) in [6.07, 6.45) is -0.00283. The summed E-state index contributed by atoms with van der Waals surface area (Å²) in [7, 11) is 0. The van der Waals surface area contributed by atoms with Crippen molar-refractivity contribution < 1.29 is 14.7 Å². The molecule has 0 fully saturated rings. The smallest absolute Gasteiger partial charge is 0.261 e. The number of para-hydroxylation sites is 1. The lowest BCUT2D eigenvalue weighted by molar-refractivity contribution is -0.126. The molecule has 1 heterocycles. The Kier molecular flexibility index (Phi) is 3.13. The Morgan fingerprint density at radius 2 is 2.35 bits per heavy atom. The van der Waals surface area contributed by atoms with Crippen molar-refractivity contribution in [2.24, 2.45) is 10.9 Å². The van der Waals surface area contributed by atoms with Gasteiger partial charge in [0.15, 0.2) is 11.9 Å². The largest absolute Gasteiger partial charge is 0.480 e. The van der Waals surface area contributed by atoms with Crippen LogP contribution in [0.25, 0.3) is 0 Å². The standard InChI is InChI=1S/C11H13N3O3/c12-10(14-16)6-13-11(15)9-5-7-3-1-2-4-8(7)17-9/h1-4,9,16H,5-6H2,(H2,12,14)(H,13,15). The van der Waals surface area contributed by atoms with E-state index in [4.69, 9.17) is 15.7 Å². The number of benzene rings is 1. The molecule has 4 N–H and O–H groups in total. The lowest BCUT2D eigenvalue weighted by atomic mass is 10.1. The second-order valence-corrected chi connectivity index (χ2v) is 3.73. The molecule has 1 aliphatic rings. The van der Waals surface area contributed by atoms with E-state index in [0.717, 1.165) is 11.3 Å². The van der Waals surface area contributed by atoms with E-state index in [-0.39, 0.29) is 18.3 Å². The Bertz CT molecular complexity index is 434. The molecule has 0 bridgehead atoms. The van der Waals surface area contributed by atoms with Crippen LogP contribution in [-0.2, 0) is 11.2 Å². The van der Waals surface area contributed by atoms with Crippen LogP contribution in [0.4, 0.5) is 0 Å². The lowest BCUT2D eigenvalue weighted by Crippen LogP contribution is -2.41. The Hall–Kier alpha value is -2.24. The van der Waals surface area contributed by atoms with Crippen LogP contribution >= 0.6 is 0 Å². The quantitative estimate of drug-likeness (QED) is 0.294. The topological polar surface area (TPSA) is 96.9 Å². The molecule has 0 saturated heterocycles. The molecule has 1 atom stereocenters. The molecule has 17 heavy (non-hydrogen) atoms. The minimum absolute atomic E-state index is 0.00549. The van der Waals surface area contributed by atoms with Crippen LogP contribution in [0.15, 0.2) is 29.4 Å². The van der Waals surface area contributed by atoms with Gasteiger partial charge in [-0.3, -0.25) is 4.79 Å². The maximum Gasteiger partial charge on any atom is 0.261 e. The van der Waals surface area contributed by atoms with Gasteiger partial charge in [0, 0.05) is 6.42 Å². The predicted molar refractivity (Wildman–Crippen MR) is 61.0 cm³/mol. The first kappa shape index (κ1) is 11.3. The predicted octanol–water partition coefficient (Wildman–Crippen LogP) is -0.147. The SMILES string of the molecule is N/C(CNC(=O)C1Cc2ccccc2O1)=N\O. The van der Waals surface area contributed by atoms with E-state index in [2.05, 4.69) is 10.5 Å². The molecule has 6 heteroatoms. The van der Waals surface area contributed by atoms with Crippen LogP contribution in [0.5, 0.6) is 5.75 Å². The molecule has 1 unspecified atom stereocenters. The third-order valence-corrected chi connectivity index (χ3v) is 2.51. The Labute approximate surface area is 98.1 Å². The van der Waals surface area contributed by atoms with E-state index in [1.807, 2.05) is 24.3 Å². The molecular weight excluding hydrogens is 222 g/mol. The van der Waals surface area contributed by atoms with E-state index in [1.165, 1.54) is 0 Å². The van der Waals surface area contributed by atoms with Gasteiger partial charge in [0.25, 0.3) is 5.91 Å². The van der Waals surface area contributed by atoms with Gasteiger partial charge in [0.1, 0.15) is 5.75 Å². The van der Waals surface area contributed by atoms with Crippen LogP contribution < -0.4 is 15.8 Å². The average molecular weight is 235 g/mol. The monoisotopic (exact) mass is 235 g/mol. The van der Waals surface area contributed by atoms with Crippen LogP contribution in [0.3, 0.4) is 0 Å². The Balaban J connectivity index is 1.92. The summed E-state index contributed by atoms with van der Waals surface area (Å²) in [5.41, 5.74) is 6.26. The number of carbonyl (C=O) groups excluding carboxylic acids is 1. The molecule has 90 valence electrons. The summed E-state index contributed by atoms with van der Waals surface area (Å²) in [5.74, 6) is 0.415. The van der Waals surface area contributed by atoms with E-state index in [0.29, 0.717) is 6.42 Å². The number of nitrogens with zero attached hydrogens (tertiary/aromatic N) is 1. The zero-order valence-electron chi connectivity index (χ0n) is 9.09. The van der Waals surface area contributed by atoms with Crippen LogP contribution in [0.1, 0.15) is 5.56 Å². The normalized spacial score (nSPS) is 18.4. The number of amides is 1. The lowest BCUT2D eigenvalue weighted by Gasteiger charge is -2.10. The molecule has 1 amide bonds. The number of hydrogen-bond acceptors (Lipinski definition) is 4. The summed E-state index contributed by atoms with van der Waals surface area (Å²) in [6, 6.07) is 7.51.